The van der Waals surface area contributed by atoms with E-state index >= 15 is 0 Å². The number of aliphatic carboxylic acids is 1. The Labute approximate surface area is 125 Å². The van der Waals surface area contributed by atoms with Crippen LogP contribution in [0.3, 0.4) is 0 Å². The van der Waals surface area contributed by atoms with Crippen molar-refractivity contribution in [2.45, 2.75) is 12.3 Å². The van der Waals surface area contributed by atoms with Gasteiger partial charge in [-0.05, 0) is 12.1 Å². The molecule has 0 aromatic heterocycles. The van der Waals surface area contributed by atoms with Crippen LogP contribution in [0.4, 0.5) is 13.2 Å². The smallest absolute Gasteiger partial charge is 0.430 e. The van der Waals surface area contributed by atoms with Crippen molar-refractivity contribution in [3.63, 3.8) is 0 Å². The summed E-state index contributed by atoms with van der Waals surface area (Å²) in [5, 5.41) is 8.36. The zero-order valence-corrected chi connectivity index (χ0v) is 11.5. The minimum Gasteiger partial charge on any atom is -0.478 e. The van der Waals surface area contributed by atoms with Crippen molar-refractivity contribution in [2.24, 2.45) is 0 Å². The number of hydrogen-bond acceptors (Lipinski definition) is 2. The number of benzene rings is 1. The molecule has 0 unspecified atom stereocenters. The summed E-state index contributed by atoms with van der Waals surface area (Å²) in [5.74, 6) is -2.10. The molecule has 0 amide bonds. The van der Waals surface area contributed by atoms with Crippen molar-refractivity contribution in [3.8, 4) is 5.75 Å². The predicted octanol–water partition coefficient (Wildman–Crippen LogP) is 4.44. The molecule has 0 spiro atoms. The minimum atomic E-state index is -4.91. The van der Waals surface area contributed by atoms with Crippen LogP contribution in [-0.4, -0.2) is 23.4 Å². The zero-order valence-electron chi connectivity index (χ0n) is 9.26. The fourth-order valence-electron chi connectivity index (χ4n) is 1.67. The molecule has 108 valence electrons. The molecule has 1 aliphatic rings. The lowest BCUT2D eigenvalue weighted by molar-refractivity contribution is -0.187. The van der Waals surface area contributed by atoms with Crippen LogP contribution in [0.25, 0.3) is 6.08 Å². The average Bonchev–Trinajstić information content (AvgIpc) is 2.33. The number of carboxylic acids is 1. The van der Waals surface area contributed by atoms with Gasteiger partial charge in [0.2, 0.25) is 6.10 Å². The Balaban J connectivity index is 2.66. The highest BCUT2D eigenvalue weighted by Gasteiger charge is 2.49. The second-order valence-electron chi connectivity index (χ2n) is 3.85. The molecule has 1 aromatic carbocycles. The van der Waals surface area contributed by atoms with E-state index in [0.717, 1.165) is 6.08 Å². The molecule has 1 atom stereocenters. The van der Waals surface area contributed by atoms with E-state index in [1.807, 2.05) is 0 Å². The predicted molar refractivity (Wildman–Crippen MR) is 67.6 cm³/mol. The first-order chi connectivity index (χ1) is 9.12. The van der Waals surface area contributed by atoms with Gasteiger partial charge in [0.1, 0.15) is 10.8 Å². The Morgan fingerprint density at radius 2 is 1.85 bits per heavy atom. The first kappa shape index (κ1) is 15.3. The lowest BCUT2D eigenvalue weighted by Gasteiger charge is -2.28. The average molecular weight is 348 g/mol. The number of halogens is 6. The molecule has 0 bridgehead atoms. The molecule has 9 heteroatoms. The Morgan fingerprint density at radius 1 is 1.25 bits per heavy atom. The van der Waals surface area contributed by atoms with E-state index in [4.69, 9.17) is 39.9 Å². The number of alkyl halides is 3. The Kier molecular flexibility index (Phi) is 3.83. The van der Waals surface area contributed by atoms with Crippen LogP contribution >= 0.6 is 34.8 Å². The molecule has 0 saturated carbocycles. The van der Waals surface area contributed by atoms with Crippen molar-refractivity contribution in [2.75, 3.05) is 0 Å². The summed E-state index contributed by atoms with van der Waals surface area (Å²) in [5.41, 5.74) is -0.943. The summed E-state index contributed by atoms with van der Waals surface area (Å²) in [7, 11) is 0. The number of fused-ring (bicyclic) bond motifs is 1. The normalized spacial score (nSPS) is 18.1. The summed E-state index contributed by atoms with van der Waals surface area (Å²) >= 11 is 17.2. The molecule has 3 nitrogen and oxygen atoms in total. The first-order valence-electron chi connectivity index (χ1n) is 4.98. The Hall–Kier alpha value is -1.11. The van der Waals surface area contributed by atoms with Crippen LogP contribution in [0.1, 0.15) is 5.56 Å². The van der Waals surface area contributed by atoms with Gasteiger partial charge in [-0.2, -0.15) is 13.2 Å². The molecule has 0 radical (unpaired) electrons. The molecule has 20 heavy (non-hydrogen) atoms. The van der Waals surface area contributed by atoms with E-state index in [2.05, 4.69) is 4.74 Å². The Bertz CT molecular complexity index is 626. The lowest BCUT2D eigenvalue weighted by atomic mass is 10.0. The minimum absolute atomic E-state index is 0.0160. The zero-order chi connectivity index (χ0) is 15.2. The highest BCUT2D eigenvalue weighted by Crippen LogP contribution is 2.46. The van der Waals surface area contributed by atoms with Crippen molar-refractivity contribution in [1.82, 2.24) is 0 Å². The highest BCUT2D eigenvalue weighted by atomic mass is 35.5. The van der Waals surface area contributed by atoms with Gasteiger partial charge in [-0.3, -0.25) is 0 Å². The summed E-state index contributed by atoms with van der Waals surface area (Å²) < 4.78 is 43.2. The second-order valence-corrected chi connectivity index (χ2v) is 5.01. The van der Waals surface area contributed by atoms with E-state index in [9.17, 15) is 18.0 Å². The van der Waals surface area contributed by atoms with E-state index in [0.29, 0.717) is 0 Å². The van der Waals surface area contributed by atoms with Crippen LogP contribution in [0.5, 0.6) is 5.75 Å². The van der Waals surface area contributed by atoms with Crippen LogP contribution in [-0.2, 0) is 4.79 Å². The monoisotopic (exact) mass is 346 g/mol. The second kappa shape index (κ2) is 5.02. The van der Waals surface area contributed by atoms with Gasteiger partial charge in [0.25, 0.3) is 0 Å². The van der Waals surface area contributed by atoms with E-state index < -0.39 is 23.8 Å². The molecule has 0 saturated heterocycles. The molecular weight excluding hydrogens is 343 g/mol. The van der Waals surface area contributed by atoms with Crippen LogP contribution in [0, 0.1) is 0 Å². The number of hydrogen-bond donors (Lipinski definition) is 1. The van der Waals surface area contributed by atoms with Gasteiger partial charge in [-0.25, -0.2) is 4.79 Å². The van der Waals surface area contributed by atoms with Crippen molar-refractivity contribution in [1.29, 1.82) is 0 Å². The largest absolute Gasteiger partial charge is 0.478 e. The summed E-state index contributed by atoms with van der Waals surface area (Å²) in [6.45, 7) is 0. The van der Waals surface area contributed by atoms with Gasteiger partial charge < -0.3 is 9.84 Å². The molecular formula is C11H4Cl3F3O3. The SMILES string of the molecule is O=C(O)C1=Cc2cc(Cl)c(Cl)c(Cl)c2O[C@@H]1C(F)(F)F. The van der Waals surface area contributed by atoms with Gasteiger partial charge in [0.15, 0.2) is 0 Å². The standard InChI is InChI=1S/C11H4Cl3F3O3/c12-5-2-3-1-4(10(18)19)9(11(15,16)17)20-8(3)7(14)6(5)13/h1-2,9H,(H,18,19)/t9-/m0/s1. The van der Waals surface area contributed by atoms with Crippen molar-refractivity contribution < 1.29 is 27.8 Å². The van der Waals surface area contributed by atoms with Gasteiger partial charge >= 0.3 is 12.1 Å². The van der Waals surface area contributed by atoms with Crippen LogP contribution < -0.4 is 4.74 Å². The number of carboxylic acid groups (broad SMARTS) is 1. The van der Waals surface area contributed by atoms with E-state index in [1.165, 1.54) is 6.07 Å². The van der Waals surface area contributed by atoms with Crippen LogP contribution in [0.15, 0.2) is 11.6 Å². The number of ether oxygens (including phenoxy) is 1. The third kappa shape index (κ3) is 2.55. The molecule has 2 rings (SSSR count). The van der Waals surface area contributed by atoms with E-state index in [1.54, 1.807) is 0 Å². The molecule has 1 heterocycles. The van der Waals surface area contributed by atoms with Gasteiger partial charge in [-0.15, -0.1) is 0 Å². The third-order valence-electron chi connectivity index (χ3n) is 2.52. The van der Waals surface area contributed by atoms with Crippen molar-refractivity contribution >= 4 is 46.8 Å². The molecule has 1 aliphatic heterocycles. The molecule has 1 aromatic rings. The molecule has 0 aliphatic carbocycles. The maximum atomic E-state index is 12.8. The topological polar surface area (TPSA) is 46.5 Å². The first-order valence-corrected chi connectivity index (χ1v) is 6.12. The fraction of sp³-hybridized carbons (Fsp3) is 0.182. The van der Waals surface area contributed by atoms with Crippen molar-refractivity contribution in [3.05, 3.63) is 32.3 Å². The number of carbonyl (C=O) groups is 1. The van der Waals surface area contributed by atoms with Gasteiger partial charge in [0, 0.05) is 5.56 Å². The molecule has 1 N–H and O–H groups in total. The van der Waals surface area contributed by atoms with Crippen LogP contribution in [0.2, 0.25) is 15.1 Å². The van der Waals surface area contributed by atoms with Gasteiger partial charge in [0.05, 0.1) is 15.6 Å². The van der Waals surface area contributed by atoms with E-state index in [-0.39, 0.29) is 26.4 Å². The number of rotatable bonds is 1. The summed E-state index contributed by atoms with van der Waals surface area (Å²) in [6.07, 6.45) is -6.72. The quantitative estimate of drug-likeness (QED) is 0.764. The maximum Gasteiger partial charge on any atom is 0.430 e. The lowest BCUT2D eigenvalue weighted by Crippen LogP contribution is -2.40. The molecule has 0 fully saturated rings. The maximum absolute atomic E-state index is 12.8. The summed E-state index contributed by atoms with van der Waals surface area (Å²) in [6, 6.07) is 1.18. The third-order valence-corrected chi connectivity index (χ3v) is 3.76. The fourth-order valence-corrected chi connectivity index (χ4v) is 2.32. The van der Waals surface area contributed by atoms with Gasteiger partial charge in [-0.1, -0.05) is 34.8 Å². The highest BCUT2D eigenvalue weighted by molar-refractivity contribution is 6.48. The summed E-state index contributed by atoms with van der Waals surface area (Å²) in [4.78, 5) is 10.9. The Morgan fingerprint density at radius 3 is 2.35 bits per heavy atom.